The zero-order valence-electron chi connectivity index (χ0n) is 12.3. The number of nitrogens with zero attached hydrogens (tertiary/aromatic N) is 1. The molecule has 0 unspecified atom stereocenters. The largest absolute Gasteiger partial charge is 0.488 e. The van der Waals surface area contributed by atoms with Crippen molar-refractivity contribution in [3.8, 4) is 5.75 Å². The normalized spacial score (nSPS) is 18.2. The summed E-state index contributed by atoms with van der Waals surface area (Å²) in [6.07, 6.45) is 0.133. The molecule has 21 heavy (non-hydrogen) atoms. The Morgan fingerprint density at radius 2 is 2.19 bits per heavy atom. The first-order valence-corrected chi connectivity index (χ1v) is 9.06. The van der Waals surface area contributed by atoms with Crippen LogP contribution in [0.4, 0.5) is 0 Å². The van der Waals surface area contributed by atoms with Gasteiger partial charge in [0.05, 0.1) is 5.75 Å². The topological polar surface area (TPSA) is 58.6 Å². The molecule has 118 valence electrons. The molecule has 0 aromatic heterocycles. The summed E-state index contributed by atoms with van der Waals surface area (Å²) in [7, 11) is -3.12. The second kappa shape index (κ2) is 6.96. The molecule has 0 radical (unpaired) electrons. The number of halogens is 1. The highest BCUT2D eigenvalue weighted by atomic mass is 35.5. The Morgan fingerprint density at radius 1 is 1.48 bits per heavy atom. The number of benzene rings is 1. The minimum Gasteiger partial charge on any atom is -0.488 e. The van der Waals surface area contributed by atoms with Crippen LogP contribution in [-0.4, -0.2) is 50.9 Å². The van der Waals surface area contributed by atoms with Gasteiger partial charge >= 0.3 is 0 Å². The van der Waals surface area contributed by atoms with Gasteiger partial charge in [0.1, 0.15) is 11.9 Å². The maximum atomic E-state index is 11.4. The molecule has 7 heteroatoms. The van der Waals surface area contributed by atoms with Gasteiger partial charge in [0.15, 0.2) is 0 Å². The van der Waals surface area contributed by atoms with Gasteiger partial charge in [-0.3, -0.25) is 4.90 Å². The predicted octanol–water partition coefficient (Wildman–Crippen LogP) is 1.73. The van der Waals surface area contributed by atoms with Gasteiger partial charge in [-0.25, -0.2) is 13.1 Å². The average Bonchev–Trinajstić information content (AvgIpc) is 2.40. The van der Waals surface area contributed by atoms with Crippen molar-refractivity contribution in [1.29, 1.82) is 0 Å². The first kappa shape index (κ1) is 16.5. The molecular formula is C14H21ClN2O3S. The van der Waals surface area contributed by atoms with Crippen LogP contribution in [0.3, 0.4) is 0 Å². The second-order valence-corrected chi connectivity index (χ2v) is 7.78. The molecule has 0 spiro atoms. The molecule has 5 nitrogen and oxygen atoms in total. The minimum atomic E-state index is -3.12. The van der Waals surface area contributed by atoms with Crippen molar-refractivity contribution in [2.24, 2.45) is 0 Å². The van der Waals surface area contributed by atoms with E-state index in [1.54, 1.807) is 13.0 Å². The van der Waals surface area contributed by atoms with Crippen molar-refractivity contribution in [2.45, 2.75) is 26.0 Å². The van der Waals surface area contributed by atoms with E-state index in [-0.39, 0.29) is 17.9 Å². The third-order valence-corrected chi connectivity index (χ3v) is 5.18. The highest BCUT2D eigenvalue weighted by Gasteiger charge is 2.32. The zero-order chi connectivity index (χ0) is 15.5. The molecule has 1 fully saturated rings. The molecule has 1 atom stereocenters. The van der Waals surface area contributed by atoms with Gasteiger partial charge in [-0.2, -0.15) is 0 Å². The molecule has 2 rings (SSSR count). The van der Waals surface area contributed by atoms with Gasteiger partial charge in [-0.05, 0) is 32.0 Å². The van der Waals surface area contributed by atoms with Crippen molar-refractivity contribution < 1.29 is 13.2 Å². The lowest BCUT2D eigenvalue weighted by Gasteiger charge is -2.42. The van der Waals surface area contributed by atoms with Crippen LogP contribution in [0, 0.1) is 0 Å². The van der Waals surface area contributed by atoms with Gasteiger partial charge in [0.25, 0.3) is 0 Å². The van der Waals surface area contributed by atoms with Crippen LogP contribution in [0.15, 0.2) is 24.3 Å². The standard InChI is InChI=1S/C14H21ClN2O3S/c1-3-21(18,19)16-8-11(2)17-9-14(10-17)20-13-6-4-5-12(15)7-13/h4-7,11,14,16H,3,8-10H2,1-2H3/t11-/m0/s1. The highest BCUT2D eigenvalue weighted by molar-refractivity contribution is 7.89. The van der Waals surface area contributed by atoms with Gasteiger partial charge in [0.2, 0.25) is 10.0 Å². The number of hydrogen-bond acceptors (Lipinski definition) is 4. The third kappa shape index (κ3) is 4.85. The van der Waals surface area contributed by atoms with Crippen LogP contribution in [0.5, 0.6) is 5.75 Å². The summed E-state index contributed by atoms with van der Waals surface area (Å²) in [5, 5.41) is 0.658. The van der Waals surface area contributed by atoms with Gasteiger partial charge in [0, 0.05) is 30.7 Å². The Kier molecular flexibility index (Phi) is 5.48. The molecule has 0 saturated carbocycles. The Bertz CT molecular complexity index is 573. The number of rotatable bonds is 7. The summed E-state index contributed by atoms with van der Waals surface area (Å²) in [6, 6.07) is 7.50. The van der Waals surface area contributed by atoms with Crippen LogP contribution in [-0.2, 0) is 10.0 Å². The van der Waals surface area contributed by atoms with Crippen LogP contribution < -0.4 is 9.46 Å². The molecule has 0 bridgehead atoms. The molecule has 1 heterocycles. The van der Waals surface area contributed by atoms with Crippen molar-refractivity contribution in [1.82, 2.24) is 9.62 Å². The smallest absolute Gasteiger partial charge is 0.211 e. The Balaban J connectivity index is 1.73. The molecular weight excluding hydrogens is 312 g/mol. The zero-order valence-corrected chi connectivity index (χ0v) is 13.8. The summed E-state index contributed by atoms with van der Waals surface area (Å²) in [5.74, 6) is 0.881. The lowest BCUT2D eigenvalue weighted by atomic mass is 10.1. The van der Waals surface area contributed by atoms with Crippen LogP contribution >= 0.6 is 11.6 Å². The van der Waals surface area contributed by atoms with Crippen LogP contribution in [0.2, 0.25) is 5.02 Å². The van der Waals surface area contributed by atoms with E-state index in [0.717, 1.165) is 18.8 Å². The Morgan fingerprint density at radius 3 is 2.81 bits per heavy atom. The maximum absolute atomic E-state index is 11.4. The molecule has 1 aliphatic rings. The average molecular weight is 333 g/mol. The van der Waals surface area contributed by atoms with Crippen LogP contribution in [0.1, 0.15) is 13.8 Å². The van der Waals surface area contributed by atoms with E-state index >= 15 is 0 Å². The summed E-state index contributed by atoms with van der Waals surface area (Å²) >= 11 is 5.91. The fourth-order valence-corrected chi connectivity index (χ4v) is 3.00. The quantitative estimate of drug-likeness (QED) is 0.826. The van der Waals surface area contributed by atoms with Gasteiger partial charge < -0.3 is 4.74 Å². The van der Waals surface area contributed by atoms with Crippen molar-refractivity contribution in [3.63, 3.8) is 0 Å². The van der Waals surface area contributed by atoms with Crippen molar-refractivity contribution in [3.05, 3.63) is 29.3 Å². The summed E-state index contributed by atoms with van der Waals surface area (Å²) in [4.78, 5) is 2.19. The number of nitrogens with one attached hydrogen (secondary N) is 1. The maximum Gasteiger partial charge on any atom is 0.211 e. The van der Waals surface area contributed by atoms with E-state index in [1.165, 1.54) is 0 Å². The van der Waals surface area contributed by atoms with Crippen molar-refractivity contribution in [2.75, 3.05) is 25.4 Å². The predicted molar refractivity (Wildman–Crippen MR) is 84.4 cm³/mol. The first-order valence-electron chi connectivity index (χ1n) is 7.03. The molecule has 1 aromatic rings. The van der Waals surface area contributed by atoms with E-state index < -0.39 is 10.0 Å². The van der Waals surface area contributed by atoms with E-state index in [1.807, 2.05) is 25.1 Å². The van der Waals surface area contributed by atoms with E-state index in [4.69, 9.17) is 16.3 Å². The monoisotopic (exact) mass is 332 g/mol. The number of hydrogen-bond donors (Lipinski definition) is 1. The molecule has 0 aliphatic carbocycles. The number of likely N-dealkylation sites (tertiary alicyclic amines) is 1. The van der Waals surface area contributed by atoms with E-state index in [0.29, 0.717) is 11.6 Å². The Hall–Kier alpha value is -0.820. The van der Waals surface area contributed by atoms with Crippen molar-refractivity contribution >= 4 is 21.6 Å². The first-order chi connectivity index (χ1) is 9.89. The molecule has 1 aliphatic heterocycles. The molecule has 0 amide bonds. The number of ether oxygens (including phenoxy) is 1. The fourth-order valence-electron chi connectivity index (χ4n) is 2.12. The summed E-state index contributed by atoms with van der Waals surface area (Å²) in [6.45, 7) is 5.66. The molecule has 1 N–H and O–H groups in total. The second-order valence-electron chi connectivity index (χ2n) is 5.25. The third-order valence-electron chi connectivity index (χ3n) is 3.58. The molecule has 1 aromatic carbocycles. The van der Waals surface area contributed by atoms with Gasteiger partial charge in [-0.15, -0.1) is 0 Å². The fraction of sp³-hybridized carbons (Fsp3) is 0.571. The summed E-state index contributed by atoms with van der Waals surface area (Å²) < 4.78 is 31.2. The Labute approximate surface area is 131 Å². The lowest BCUT2D eigenvalue weighted by Crippen LogP contribution is -2.59. The molecule has 1 saturated heterocycles. The number of sulfonamides is 1. The van der Waals surface area contributed by atoms with E-state index in [9.17, 15) is 8.42 Å². The van der Waals surface area contributed by atoms with E-state index in [2.05, 4.69) is 9.62 Å². The summed E-state index contributed by atoms with van der Waals surface area (Å²) in [5.41, 5.74) is 0. The lowest BCUT2D eigenvalue weighted by molar-refractivity contribution is -0.00296. The SMILES string of the molecule is CCS(=O)(=O)NC[C@H](C)N1CC(Oc2cccc(Cl)c2)C1. The minimum absolute atomic E-state index is 0.111. The van der Waals surface area contributed by atoms with Crippen LogP contribution in [0.25, 0.3) is 0 Å². The van der Waals surface area contributed by atoms with Gasteiger partial charge in [-0.1, -0.05) is 17.7 Å². The highest BCUT2D eigenvalue weighted by Crippen LogP contribution is 2.22.